The predicted molar refractivity (Wildman–Crippen MR) is 64.2 cm³/mol. The van der Waals surface area contributed by atoms with Crippen LogP contribution in [0.1, 0.15) is 22.8 Å². The maximum atomic E-state index is 11.3. The zero-order valence-corrected chi connectivity index (χ0v) is 10.1. The topological polar surface area (TPSA) is 30.0 Å². The lowest BCUT2D eigenvalue weighted by atomic mass is 10.0. The number of pyridine rings is 1. The first-order valence-electron chi connectivity index (χ1n) is 4.65. The molecule has 0 saturated heterocycles. The van der Waals surface area contributed by atoms with Gasteiger partial charge in [-0.1, -0.05) is 15.9 Å². The molecule has 0 aliphatic heterocycles. The van der Waals surface area contributed by atoms with Gasteiger partial charge in [-0.15, -0.1) is 0 Å². The van der Waals surface area contributed by atoms with Gasteiger partial charge in [0.15, 0.2) is 5.78 Å². The Bertz CT molecular complexity index is 549. The molecule has 0 radical (unpaired) electrons. The second-order valence-corrected chi connectivity index (χ2v) is 4.43. The van der Waals surface area contributed by atoms with E-state index in [1.807, 2.05) is 25.1 Å². The Morgan fingerprint density at radius 1 is 1.40 bits per heavy atom. The molecule has 0 atom stereocenters. The second-order valence-electron chi connectivity index (χ2n) is 3.51. The zero-order chi connectivity index (χ0) is 11.0. The zero-order valence-electron chi connectivity index (χ0n) is 8.54. The molecule has 0 saturated carbocycles. The molecule has 1 heterocycles. The van der Waals surface area contributed by atoms with E-state index in [0.717, 1.165) is 20.9 Å². The van der Waals surface area contributed by atoms with Gasteiger partial charge in [0.2, 0.25) is 0 Å². The number of nitrogens with zero attached hydrogens (tertiary/aromatic N) is 1. The van der Waals surface area contributed by atoms with Gasteiger partial charge in [0.05, 0.1) is 5.52 Å². The summed E-state index contributed by atoms with van der Waals surface area (Å²) >= 11 is 3.42. The van der Waals surface area contributed by atoms with E-state index < -0.39 is 0 Å². The number of rotatable bonds is 1. The number of carbonyl (C=O) groups is 1. The van der Waals surface area contributed by atoms with E-state index in [4.69, 9.17) is 0 Å². The molecule has 3 heteroatoms. The molecule has 0 unspecified atom stereocenters. The largest absolute Gasteiger partial charge is 0.294 e. The number of benzene rings is 1. The molecule has 0 spiro atoms. The maximum Gasteiger partial charge on any atom is 0.161 e. The van der Waals surface area contributed by atoms with Crippen molar-refractivity contribution >= 4 is 32.6 Å². The molecule has 0 amide bonds. The van der Waals surface area contributed by atoms with Crippen LogP contribution in [0.2, 0.25) is 0 Å². The molecule has 2 rings (SSSR count). The summed E-state index contributed by atoms with van der Waals surface area (Å²) < 4.78 is 1.00. The van der Waals surface area contributed by atoms with Gasteiger partial charge in [0.25, 0.3) is 0 Å². The molecule has 0 bridgehead atoms. The lowest BCUT2D eigenvalue weighted by Crippen LogP contribution is -1.98. The van der Waals surface area contributed by atoms with Crippen LogP contribution in [0.3, 0.4) is 0 Å². The van der Waals surface area contributed by atoms with Gasteiger partial charge in [0, 0.05) is 21.6 Å². The van der Waals surface area contributed by atoms with Crippen LogP contribution in [0.25, 0.3) is 10.9 Å². The van der Waals surface area contributed by atoms with Gasteiger partial charge in [-0.2, -0.15) is 0 Å². The summed E-state index contributed by atoms with van der Waals surface area (Å²) in [6.07, 6.45) is 1.65. The first-order valence-corrected chi connectivity index (χ1v) is 5.44. The van der Waals surface area contributed by atoms with Gasteiger partial charge in [0.1, 0.15) is 0 Å². The number of Topliss-reactive ketones (excluding diaryl/α,β-unsaturated/α-hetero) is 1. The highest BCUT2D eigenvalue weighted by molar-refractivity contribution is 9.10. The van der Waals surface area contributed by atoms with Crippen LogP contribution in [0.4, 0.5) is 0 Å². The number of hydrogen-bond acceptors (Lipinski definition) is 2. The molecule has 1 aromatic carbocycles. The highest BCUT2D eigenvalue weighted by Gasteiger charge is 2.08. The average Bonchev–Trinajstić information content (AvgIpc) is 2.19. The normalized spacial score (nSPS) is 10.6. The van der Waals surface area contributed by atoms with E-state index in [9.17, 15) is 4.79 Å². The molecule has 15 heavy (non-hydrogen) atoms. The van der Waals surface area contributed by atoms with E-state index in [0.29, 0.717) is 5.56 Å². The number of aromatic nitrogens is 1. The Kier molecular flexibility index (Phi) is 2.57. The lowest BCUT2D eigenvalue weighted by Gasteiger charge is -2.06. The lowest BCUT2D eigenvalue weighted by molar-refractivity contribution is 0.101. The molecule has 0 aliphatic rings. The third-order valence-corrected chi connectivity index (χ3v) is 2.97. The van der Waals surface area contributed by atoms with Crippen molar-refractivity contribution in [3.8, 4) is 0 Å². The van der Waals surface area contributed by atoms with E-state index in [1.165, 1.54) is 0 Å². The van der Waals surface area contributed by atoms with Crippen LogP contribution < -0.4 is 0 Å². The van der Waals surface area contributed by atoms with Crippen molar-refractivity contribution in [3.63, 3.8) is 0 Å². The summed E-state index contributed by atoms with van der Waals surface area (Å²) in [5.74, 6) is 0.0573. The minimum atomic E-state index is 0.0573. The molecule has 2 aromatic rings. The van der Waals surface area contributed by atoms with Crippen molar-refractivity contribution in [1.82, 2.24) is 4.98 Å². The summed E-state index contributed by atoms with van der Waals surface area (Å²) in [7, 11) is 0. The molecule has 76 valence electrons. The van der Waals surface area contributed by atoms with Crippen molar-refractivity contribution in [2.75, 3.05) is 0 Å². The van der Waals surface area contributed by atoms with Gasteiger partial charge in [-0.3, -0.25) is 9.78 Å². The minimum absolute atomic E-state index is 0.0573. The maximum absolute atomic E-state index is 11.3. The summed E-state index contributed by atoms with van der Waals surface area (Å²) in [6.45, 7) is 3.51. The van der Waals surface area contributed by atoms with Gasteiger partial charge in [-0.05, 0) is 37.6 Å². The third kappa shape index (κ3) is 1.79. The number of halogens is 1. The smallest absolute Gasteiger partial charge is 0.161 e. The van der Waals surface area contributed by atoms with Gasteiger partial charge < -0.3 is 0 Å². The fourth-order valence-corrected chi connectivity index (χ4v) is 2.01. The standard InChI is InChI=1S/C12H10BrNO/c1-7-10-5-9(13)3-4-12(10)14-6-11(7)8(2)15/h3-6H,1-2H3. The van der Waals surface area contributed by atoms with Crippen molar-refractivity contribution in [2.24, 2.45) is 0 Å². The molecule has 0 aliphatic carbocycles. The monoisotopic (exact) mass is 263 g/mol. The van der Waals surface area contributed by atoms with Crippen molar-refractivity contribution in [1.29, 1.82) is 0 Å². The van der Waals surface area contributed by atoms with E-state index in [-0.39, 0.29) is 5.78 Å². The summed E-state index contributed by atoms with van der Waals surface area (Å²) in [6, 6.07) is 5.88. The summed E-state index contributed by atoms with van der Waals surface area (Å²) in [4.78, 5) is 15.6. The SMILES string of the molecule is CC(=O)c1cnc2ccc(Br)cc2c1C. The highest BCUT2D eigenvalue weighted by Crippen LogP contribution is 2.23. The molecular weight excluding hydrogens is 254 g/mol. The quantitative estimate of drug-likeness (QED) is 0.738. The van der Waals surface area contributed by atoms with Crippen molar-refractivity contribution in [2.45, 2.75) is 13.8 Å². The van der Waals surface area contributed by atoms with E-state index in [2.05, 4.69) is 20.9 Å². The van der Waals surface area contributed by atoms with Crippen LogP contribution >= 0.6 is 15.9 Å². The molecule has 0 fully saturated rings. The third-order valence-electron chi connectivity index (χ3n) is 2.48. The highest BCUT2D eigenvalue weighted by atomic mass is 79.9. The average molecular weight is 264 g/mol. The van der Waals surface area contributed by atoms with Gasteiger partial charge in [-0.25, -0.2) is 0 Å². The Hall–Kier alpha value is -1.22. The number of carbonyl (C=O) groups excluding carboxylic acids is 1. The fourth-order valence-electron chi connectivity index (χ4n) is 1.65. The number of ketones is 1. The Balaban J connectivity index is 2.82. The number of hydrogen-bond donors (Lipinski definition) is 0. The van der Waals surface area contributed by atoms with Crippen LogP contribution in [-0.4, -0.2) is 10.8 Å². The number of aryl methyl sites for hydroxylation is 1. The fraction of sp³-hybridized carbons (Fsp3) is 0.167. The second kappa shape index (κ2) is 3.74. The van der Waals surface area contributed by atoms with Crippen molar-refractivity contribution < 1.29 is 4.79 Å². The number of fused-ring (bicyclic) bond motifs is 1. The predicted octanol–water partition coefficient (Wildman–Crippen LogP) is 3.51. The van der Waals surface area contributed by atoms with Crippen LogP contribution in [0, 0.1) is 6.92 Å². The Morgan fingerprint density at radius 2 is 2.13 bits per heavy atom. The first-order chi connectivity index (χ1) is 7.09. The van der Waals surface area contributed by atoms with Gasteiger partial charge >= 0.3 is 0 Å². The molecule has 2 nitrogen and oxygen atoms in total. The van der Waals surface area contributed by atoms with Crippen molar-refractivity contribution in [3.05, 3.63) is 40.0 Å². The first kappa shape index (κ1) is 10.3. The Labute approximate surface area is 96.5 Å². The van der Waals surface area contributed by atoms with E-state index >= 15 is 0 Å². The Morgan fingerprint density at radius 3 is 2.80 bits per heavy atom. The molecule has 0 N–H and O–H groups in total. The van der Waals surface area contributed by atoms with E-state index in [1.54, 1.807) is 13.1 Å². The minimum Gasteiger partial charge on any atom is -0.294 e. The molecular formula is C12H10BrNO. The van der Waals surface area contributed by atoms with Crippen LogP contribution in [0.5, 0.6) is 0 Å². The van der Waals surface area contributed by atoms with Crippen LogP contribution in [-0.2, 0) is 0 Å². The molecule has 1 aromatic heterocycles. The summed E-state index contributed by atoms with van der Waals surface area (Å²) in [5.41, 5.74) is 2.61. The van der Waals surface area contributed by atoms with Crippen LogP contribution in [0.15, 0.2) is 28.9 Å². The summed E-state index contributed by atoms with van der Waals surface area (Å²) in [5, 5.41) is 1.03.